The minimum atomic E-state index is -0.920. The van der Waals surface area contributed by atoms with Crippen molar-refractivity contribution in [3.05, 3.63) is 74.8 Å². The lowest BCUT2D eigenvalue weighted by Crippen LogP contribution is -2.30. The Hall–Kier alpha value is -4.47. The second-order valence-electron chi connectivity index (χ2n) is 10.9. The summed E-state index contributed by atoms with van der Waals surface area (Å²) in [4.78, 5) is 55.8. The molecule has 0 radical (unpaired) electrons. The largest absolute Gasteiger partial charge is 0.481 e. The van der Waals surface area contributed by atoms with Crippen molar-refractivity contribution in [1.29, 1.82) is 0 Å². The summed E-state index contributed by atoms with van der Waals surface area (Å²) in [7, 11) is 0. The third-order valence-electron chi connectivity index (χ3n) is 8.31. The molecule has 42 heavy (non-hydrogen) atoms. The Morgan fingerprint density at radius 2 is 1.69 bits per heavy atom. The van der Waals surface area contributed by atoms with Gasteiger partial charge in [-0.1, -0.05) is 25.7 Å². The van der Waals surface area contributed by atoms with Gasteiger partial charge in [-0.3, -0.25) is 24.2 Å². The highest BCUT2D eigenvalue weighted by Gasteiger charge is 2.31. The fourth-order valence-electron chi connectivity index (χ4n) is 5.88. The number of aliphatic imine (C=N–C) groups is 1. The third kappa shape index (κ3) is 6.37. The van der Waals surface area contributed by atoms with Crippen LogP contribution in [0, 0.1) is 6.92 Å². The minimum absolute atomic E-state index is 0.0546. The van der Waals surface area contributed by atoms with Crippen molar-refractivity contribution < 1.29 is 29.4 Å². The maximum Gasteiger partial charge on any atom is 0.303 e. The first kappa shape index (κ1) is 30.5. The first-order valence-corrected chi connectivity index (χ1v) is 14.2. The number of hydrogen-bond acceptors (Lipinski definition) is 5. The van der Waals surface area contributed by atoms with Crippen LogP contribution >= 0.6 is 0 Å². The van der Waals surface area contributed by atoms with E-state index >= 15 is 0 Å². The lowest BCUT2D eigenvalue weighted by atomic mass is 9.95. The smallest absolute Gasteiger partial charge is 0.303 e. The molecular weight excluding hydrogens is 536 g/mol. The van der Waals surface area contributed by atoms with Gasteiger partial charge in [-0.25, -0.2) is 0 Å². The number of rotatable bonds is 13. The highest BCUT2D eigenvalue weighted by atomic mass is 16.4. The molecule has 0 aromatic carbocycles. The van der Waals surface area contributed by atoms with Crippen molar-refractivity contribution in [1.82, 2.24) is 15.6 Å². The molecule has 0 fully saturated rings. The Labute approximate surface area is 245 Å². The van der Waals surface area contributed by atoms with Crippen molar-refractivity contribution in [3.63, 3.8) is 0 Å². The molecule has 0 spiro atoms. The Bertz CT molecular complexity index is 1520. The molecule has 0 aliphatic carbocycles. The predicted molar refractivity (Wildman–Crippen MR) is 160 cm³/mol. The van der Waals surface area contributed by atoms with Gasteiger partial charge >= 0.3 is 11.9 Å². The standard InChI is InChI=1S/C32H38N4O6/c1-6-19-12-20(33-32(19)42)13-24-16(3)22(8-10-29(37)38)27(34-24)15-28-23(9-11-30(39)40)17(4)25(35-28)14-26-21(7-2)18(5)31(41)36-26/h7,12,15,20,26,34H,2,6,8-11,13-14H2,1,3-5H3,(H,33,42)(H,36,41)(H,37,38)(H,39,40)/b28-15-. The number of aliphatic carboxylic acids is 2. The Kier molecular flexibility index (Phi) is 9.14. The number of aromatic nitrogens is 1. The monoisotopic (exact) mass is 574 g/mol. The van der Waals surface area contributed by atoms with E-state index in [4.69, 9.17) is 4.99 Å². The second kappa shape index (κ2) is 12.6. The SMILES string of the molecule is C=CC1=C(C)C(=O)NC1CC1=N/C(=C\c2[nH]c(CC3C=C(CC)C(=O)N3)c(C)c2CCC(=O)O)C(CCC(=O)O)=C1C. The number of hydrogen-bond donors (Lipinski definition) is 5. The Balaban J connectivity index is 1.73. The predicted octanol–water partition coefficient (Wildman–Crippen LogP) is 4.09. The zero-order valence-electron chi connectivity index (χ0n) is 24.5. The fourth-order valence-corrected chi connectivity index (χ4v) is 5.88. The number of carboxylic acid groups (broad SMARTS) is 2. The lowest BCUT2D eigenvalue weighted by molar-refractivity contribution is -0.138. The van der Waals surface area contributed by atoms with E-state index in [-0.39, 0.29) is 43.2 Å². The van der Waals surface area contributed by atoms with E-state index in [9.17, 15) is 29.4 Å². The number of carbonyl (C=O) groups is 4. The van der Waals surface area contributed by atoms with Crippen LogP contribution in [0.1, 0.15) is 75.4 Å². The average molecular weight is 575 g/mol. The van der Waals surface area contributed by atoms with Gasteiger partial charge in [0.05, 0.1) is 17.8 Å². The normalized spacial score (nSPS) is 21.2. The van der Waals surface area contributed by atoms with Crippen LogP contribution in [0.4, 0.5) is 0 Å². The van der Waals surface area contributed by atoms with E-state index in [2.05, 4.69) is 22.2 Å². The van der Waals surface area contributed by atoms with Crippen LogP contribution < -0.4 is 10.6 Å². The van der Waals surface area contributed by atoms with Crippen LogP contribution in [0.25, 0.3) is 6.08 Å². The van der Waals surface area contributed by atoms with E-state index in [0.29, 0.717) is 42.6 Å². The third-order valence-corrected chi connectivity index (χ3v) is 8.31. The first-order chi connectivity index (χ1) is 19.9. The zero-order valence-corrected chi connectivity index (χ0v) is 24.5. The van der Waals surface area contributed by atoms with Gasteiger partial charge < -0.3 is 25.8 Å². The van der Waals surface area contributed by atoms with E-state index in [1.165, 1.54) is 0 Å². The highest BCUT2D eigenvalue weighted by Crippen LogP contribution is 2.35. The number of carbonyl (C=O) groups excluding carboxylic acids is 2. The van der Waals surface area contributed by atoms with Gasteiger partial charge in [0.2, 0.25) is 11.8 Å². The molecule has 10 nitrogen and oxygen atoms in total. The first-order valence-electron chi connectivity index (χ1n) is 14.2. The number of allylic oxidation sites excluding steroid dienone is 2. The fraction of sp³-hybridized carbons (Fsp3) is 0.406. The summed E-state index contributed by atoms with van der Waals surface area (Å²) in [5.41, 5.74) is 8.59. The van der Waals surface area contributed by atoms with E-state index in [0.717, 1.165) is 44.8 Å². The molecule has 1 aromatic heterocycles. The summed E-state index contributed by atoms with van der Waals surface area (Å²) in [6, 6.07) is -0.448. The molecule has 0 saturated carbocycles. The van der Waals surface area contributed by atoms with Gasteiger partial charge in [-0.2, -0.15) is 0 Å². The molecule has 0 saturated heterocycles. The van der Waals surface area contributed by atoms with Crippen LogP contribution in [-0.4, -0.2) is 56.7 Å². The number of carboxylic acids is 2. The maximum absolute atomic E-state index is 12.3. The number of nitrogens with zero attached hydrogens (tertiary/aromatic N) is 1. The molecule has 0 bridgehead atoms. The number of H-pyrrole nitrogens is 1. The number of amides is 2. The summed E-state index contributed by atoms with van der Waals surface area (Å²) in [6.45, 7) is 11.4. The van der Waals surface area contributed by atoms with Crippen LogP contribution in [0.5, 0.6) is 0 Å². The van der Waals surface area contributed by atoms with E-state index in [1.807, 2.05) is 32.9 Å². The molecule has 4 rings (SSSR count). The van der Waals surface area contributed by atoms with Crippen molar-refractivity contribution in [2.24, 2.45) is 4.99 Å². The van der Waals surface area contributed by atoms with Gasteiger partial charge in [-0.15, -0.1) is 0 Å². The molecule has 4 heterocycles. The summed E-state index contributed by atoms with van der Waals surface area (Å²) in [6.07, 6.45) is 7.53. The summed E-state index contributed by atoms with van der Waals surface area (Å²) < 4.78 is 0. The molecule has 5 N–H and O–H groups in total. The van der Waals surface area contributed by atoms with Crippen molar-refractivity contribution in [2.45, 2.75) is 84.7 Å². The Morgan fingerprint density at radius 1 is 1.00 bits per heavy atom. The van der Waals surface area contributed by atoms with Gasteiger partial charge in [0, 0.05) is 53.9 Å². The molecule has 222 valence electrons. The molecule has 2 amide bonds. The second-order valence-corrected chi connectivity index (χ2v) is 10.9. The summed E-state index contributed by atoms with van der Waals surface area (Å²) in [5.74, 6) is -2.04. The van der Waals surface area contributed by atoms with Crippen LogP contribution in [0.2, 0.25) is 0 Å². The summed E-state index contributed by atoms with van der Waals surface area (Å²) >= 11 is 0. The summed E-state index contributed by atoms with van der Waals surface area (Å²) in [5, 5.41) is 24.8. The topological polar surface area (TPSA) is 161 Å². The molecule has 1 aromatic rings. The van der Waals surface area contributed by atoms with E-state index < -0.39 is 11.9 Å². The van der Waals surface area contributed by atoms with Gasteiger partial charge in [0.15, 0.2) is 0 Å². The van der Waals surface area contributed by atoms with Gasteiger partial charge in [0.25, 0.3) is 0 Å². The van der Waals surface area contributed by atoms with Gasteiger partial charge in [0.1, 0.15) is 0 Å². The van der Waals surface area contributed by atoms with Crippen molar-refractivity contribution in [2.75, 3.05) is 0 Å². The zero-order chi connectivity index (χ0) is 30.7. The molecule has 2 unspecified atom stereocenters. The quantitative estimate of drug-likeness (QED) is 0.239. The maximum atomic E-state index is 12.3. The average Bonchev–Trinajstić information content (AvgIpc) is 3.61. The highest BCUT2D eigenvalue weighted by molar-refractivity contribution is 6.07. The van der Waals surface area contributed by atoms with Crippen molar-refractivity contribution in [3.8, 4) is 0 Å². The molecule has 10 heteroatoms. The lowest BCUT2D eigenvalue weighted by Gasteiger charge is -2.13. The van der Waals surface area contributed by atoms with Gasteiger partial charge in [-0.05, 0) is 74.0 Å². The molecule has 3 aliphatic heterocycles. The molecular formula is C32H38N4O6. The van der Waals surface area contributed by atoms with Crippen LogP contribution in [0.3, 0.4) is 0 Å². The number of nitrogens with one attached hydrogen (secondary N) is 3. The molecule has 2 atom stereocenters. The number of aromatic amines is 1. The van der Waals surface area contributed by atoms with Crippen molar-refractivity contribution >= 4 is 35.5 Å². The molecule has 3 aliphatic rings. The van der Waals surface area contributed by atoms with Crippen LogP contribution in [-0.2, 0) is 32.0 Å². The van der Waals surface area contributed by atoms with Crippen LogP contribution in [0.15, 0.2) is 57.3 Å². The minimum Gasteiger partial charge on any atom is -0.481 e. The van der Waals surface area contributed by atoms with E-state index in [1.54, 1.807) is 13.0 Å². The Morgan fingerprint density at radius 3 is 2.31 bits per heavy atom.